The number of hydrogen-bond donors (Lipinski definition) is 0. The van der Waals surface area contributed by atoms with Gasteiger partial charge in [0, 0.05) is 49.9 Å². The molecule has 0 aliphatic carbocycles. The van der Waals surface area contributed by atoms with E-state index in [-0.39, 0.29) is 0 Å². The quantitative estimate of drug-likeness (QED) is 0.863. The SMILES string of the molecule is Cc1cnc2c(c1)c1c(n2CCCC2CCN(C)C2)CCN(C)C1. The molecule has 4 rings (SSSR count). The zero-order valence-electron chi connectivity index (χ0n) is 15.4. The van der Waals surface area contributed by atoms with Gasteiger partial charge in [-0.05, 0) is 69.9 Å². The molecule has 130 valence electrons. The first kappa shape index (κ1) is 16.1. The molecule has 1 unspecified atom stereocenters. The topological polar surface area (TPSA) is 24.3 Å². The Bertz CT molecular complexity index is 733. The summed E-state index contributed by atoms with van der Waals surface area (Å²) in [6.45, 7) is 8.07. The Balaban J connectivity index is 1.58. The van der Waals surface area contributed by atoms with Gasteiger partial charge >= 0.3 is 0 Å². The summed E-state index contributed by atoms with van der Waals surface area (Å²) in [6, 6.07) is 2.34. The summed E-state index contributed by atoms with van der Waals surface area (Å²) in [6.07, 6.45) is 7.20. The highest BCUT2D eigenvalue weighted by Crippen LogP contribution is 2.31. The van der Waals surface area contributed by atoms with Gasteiger partial charge in [0.05, 0.1) is 0 Å². The molecule has 1 atom stereocenters. The predicted molar refractivity (Wildman–Crippen MR) is 99.3 cm³/mol. The number of likely N-dealkylation sites (N-methyl/N-ethyl adjacent to an activating group) is 1. The number of rotatable bonds is 4. The molecule has 0 saturated carbocycles. The molecule has 24 heavy (non-hydrogen) atoms. The van der Waals surface area contributed by atoms with Gasteiger partial charge in [-0.1, -0.05) is 0 Å². The lowest BCUT2D eigenvalue weighted by Gasteiger charge is -2.24. The van der Waals surface area contributed by atoms with Gasteiger partial charge in [0.2, 0.25) is 0 Å². The van der Waals surface area contributed by atoms with Gasteiger partial charge in [-0.3, -0.25) is 0 Å². The average Bonchev–Trinajstić information content (AvgIpc) is 3.09. The van der Waals surface area contributed by atoms with Crippen LogP contribution in [0.3, 0.4) is 0 Å². The van der Waals surface area contributed by atoms with E-state index in [2.05, 4.69) is 41.5 Å². The van der Waals surface area contributed by atoms with Crippen LogP contribution in [-0.4, -0.2) is 53.1 Å². The van der Waals surface area contributed by atoms with Gasteiger partial charge in [-0.25, -0.2) is 4.98 Å². The first-order valence-corrected chi connectivity index (χ1v) is 9.45. The van der Waals surface area contributed by atoms with Crippen LogP contribution in [-0.2, 0) is 19.5 Å². The maximum atomic E-state index is 4.81. The maximum Gasteiger partial charge on any atom is 0.140 e. The van der Waals surface area contributed by atoms with Gasteiger partial charge < -0.3 is 14.4 Å². The fourth-order valence-electron chi connectivity index (χ4n) is 4.59. The van der Waals surface area contributed by atoms with E-state index in [0.29, 0.717) is 0 Å². The number of hydrogen-bond acceptors (Lipinski definition) is 3. The Morgan fingerprint density at radius 2 is 2.08 bits per heavy atom. The van der Waals surface area contributed by atoms with E-state index in [9.17, 15) is 0 Å². The largest absolute Gasteiger partial charge is 0.329 e. The molecule has 0 N–H and O–H groups in total. The van der Waals surface area contributed by atoms with Crippen molar-refractivity contribution in [2.45, 2.75) is 45.7 Å². The van der Waals surface area contributed by atoms with Crippen LogP contribution in [0.25, 0.3) is 11.0 Å². The second-order valence-electron chi connectivity index (χ2n) is 8.01. The van der Waals surface area contributed by atoms with Crippen LogP contribution in [0.1, 0.15) is 36.1 Å². The van der Waals surface area contributed by atoms with E-state index in [0.717, 1.165) is 32.0 Å². The Kier molecular flexibility index (Phi) is 4.35. The van der Waals surface area contributed by atoms with Crippen LogP contribution in [0.15, 0.2) is 12.3 Å². The highest BCUT2D eigenvalue weighted by atomic mass is 15.1. The molecule has 1 fully saturated rings. The molecule has 2 aliphatic rings. The standard InChI is InChI=1S/C20H30N4/c1-15-11-17-18-14-23(3)10-7-19(18)24(20(17)21-12-15)8-4-5-16-6-9-22(2)13-16/h11-12,16H,4-10,13-14H2,1-3H3. The van der Waals surface area contributed by atoms with Crippen molar-refractivity contribution in [3.8, 4) is 0 Å². The lowest BCUT2D eigenvalue weighted by atomic mass is 10.0. The summed E-state index contributed by atoms with van der Waals surface area (Å²) in [5, 5.41) is 1.39. The molecule has 0 spiro atoms. The third kappa shape index (κ3) is 2.98. The van der Waals surface area contributed by atoms with Gasteiger partial charge in [-0.15, -0.1) is 0 Å². The smallest absolute Gasteiger partial charge is 0.140 e. The monoisotopic (exact) mass is 326 g/mol. The predicted octanol–water partition coefficient (Wildman–Crippen LogP) is 3.06. The van der Waals surface area contributed by atoms with Crippen molar-refractivity contribution in [1.29, 1.82) is 0 Å². The summed E-state index contributed by atoms with van der Waals surface area (Å²) in [5.74, 6) is 0.897. The van der Waals surface area contributed by atoms with E-state index in [1.165, 1.54) is 54.5 Å². The molecule has 0 bridgehead atoms. The number of aromatic nitrogens is 2. The lowest BCUT2D eigenvalue weighted by molar-refractivity contribution is 0.308. The molecule has 0 amide bonds. The molecule has 2 aromatic rings. The second-order valence-corrected chi connectivity index (χ2v) is 8.01. The van der Waals surface area contributed by atoms with Crippen molar-refractivity contribution in [3.63, 3.8) is 0 Å². The van der Waals surface area contributed by atoms with Crippen molar-refractivity contribution in [1.82, 2.24) is 19.4 Å². The van der Waals surface area contributed by atoms with Crippen molar-refractivity contribution in [3.05, 3.63) is 29.1 Å². The lowest BCUT2D eigenvalue weighted by Crippen LogP contribution is -2.27. The molecule has 2 aliphatic heterocycles. The fourth-order valence-corrected chi connectivity index (χ4v) is 4.59. The molecular formula is C20H30N4. The van der Waals surface area contributed by atoms with Crippen LogP contribution < -0.4 is 0 Å². The van der Waals surface area contributed by atoms with E-state index in [4.69, 9.17) is 4.98 Å². The summed E-state index contributed by atoms with van der Waals surface area (Å²) in [5.41, 5.74) is 5.55. The number of aryl methyl sites for hydroxylation is 2. The van der Waals surface area contributed by atoms with Crippen LogP contribution in [0.2, 0.25) is 0 Å². The van der Waals surface area contributed by atoms with Gasteiger partial charge in [-0.2, -0.15) is 0 Å². The first-order valence-electron chi connectivity index (χ1n) is 9.45. The summed E-state index contributed by atoms with van der Waals surface area (Å²) in [4.78, 5) is 9.71. The zero-order chi connectivity index (χ0) is 16.7. The molecule has 4 nitrogen and oxygen atoms in total. The summed E-state index contributed by atoms with van der Waals surface area (Å²) >= 11 is 0. The number of pyridine rings is 1. The van der Waals surface area contributed by atoms with Crippen LogP contribution in [0.5, 0.6) is 0 Å². The summed E-state index contributed by atoms with van der Waals surface area (Å²) < 4.78 is 2.54. The van der Waals surface area contributed by atoms with Crippen LogP contribution >= 0.6 is 0 Å². The van der Waals surface area contributed by atoms with E-state index >= 15 is 0 Å². The molecule has 2 aromatic heterocycles. The average molecular weight is 326 g/mol. The molecular weight excluding hydrogens is 296 g/mol. The van der Waals surface area contributed by atoms with Crippen molar-refractivity contribution in [2.24, 2.45) is 5.92 Å². The van der Waals surface area contributed by atoms with Gasteiger partial charge in [0.15, 0.2) is 0 Å². The molecule has 0 aromatic carbocycles. The Labute approximate surface area is 145 Å². The van der Waals surface area contributed by atoms with E-state index in [1.54, 1.807) is 5.69 Å². The second kappa shape index (κ2) is 6.49. The molecule has 0 radical (unpaired) electrons. The fraction of sp³-hybridized carbons (Fsp3) is 0.650. The summed E-state index contributed by atoms with van der Waals surface area (Å²) in [7, 11) is 4.48. The van der Waals surface area contributed by atoms with Gasteiger partial charge in [0.25, 0.3) is 0 Å². The Morgan fingerprint density at radius 1 is 1.21 bits per heavy atom. The van der Waals surface area contributed by atoms with E-state index < -0.39 is 0 Å². The minimum absolute atomic E-state index is 0.897. The minimum atomic E-state index is 0.897. The highest BCUT2D eigenvalue weighted by Gasteiger charge is 2.24. The number of fused-ring (bicyclic) bond motifs is 3. The van der Waals surface area contributed by atoms with Crippen molar-refractivity contribution >= 4 is 11.0 Å². The number of nitrogens with zero attached hydrogens (tertiary/aromatic N) is 4. The normalized spacial score (nSPS) is 22.4. The number of likely N-dealkylation sites (tertiary alicyclic amines) is 1. The van der Waals surface area contributed by atoms with E-state index in [1.807, 2.05) is 6.20 Å². The third-order valence-corrected chi connectivity index (χ3v) is 5.90. The molecule has 4 heterocycles. The van der Waals surface area contributed by atoms with Crippen LogP contribution in [0, 0.1) is 12.8 Å². The highest BCUT2D eigenvalue weighted by molar-refractivity contribution is 5.83. The van der Waals surface area contributed by atoms with Gasteiger partial charge in [0.1, 0.15) is 5.65 Å². The van der Waals surface area contributed by atoms with Crippen LogP contribution in [0.4, 0.5) is 0 Å². The first-order chi connectivity index (χ1) is 11.6. The van der Waals surface area contributed by atoms with Crippen molar-refractivity contribution < 1.29 is 0 Å². The zero-order valence-corrected chi connectivity index (χ0v) is 15.4. The third-order valence-electron chi connectivity index (χ3n) is 5.90. The van der Waals surface area contributed by atoms with Crippen molar-refractivity contribution in [2.75, 3.05) is 33.7 Å². The molecule has 1 saturated heterocycles. The maximum absolute atomic E-state index is 4.81. The Morgan fingerprint density at radius 3 is 2.88 bits per heavy atom. The molecule has 4 heteroatoms. The minimum Gasteiger partial charge on any atom is -0.329 e. The Hall–Kier alpha value is -1.39.